The molecule has 1 atom stereocenters. The molecule has 35 heavy (non-hydrogen) atoms. The van der Waals surface area contributed by atoms with E-state index in [4.69, 9.17) is 16.3 Å². The summed E-state index contributed by atoms with van der Waals surface area (Å²) in [6.45, 7) is 5.66. The SMILES string of the molecule is COc1ccc(C2(C)C(=O)c3c(N4CCNCC4)cc(Cl)cc3N(CC3CCCCC3)C2=O)cc1. The van der Waals surface area contributed by atoms with Gasteiger partial charge < -0.3 is 19.9 Å². The number of Topliss-reactive ketones (excluding diaryl/α,β-unsaturated/α-hetero) is 1. The molecule has 1 saturated carbocycles. The topological polar surface area (TPSA) is 61.9 Å². The van der Waals surface area contributed by atoms with E-state index in [9.17, 15) is 9.59 Å². The van der Waals surface area contributed by atoms with Gasteiger partial charge in [0, 0.05) is 37.7 Å². The largest absolute Gasteiger partial charge is 0.497 e. The summed E-state index contributed by atoms with van der Waals surface area (Å²) >= 11 is 6.62. The lowest BCUT2D eigenvalue weighted by molar-refractivity contribution is -0.122. The van der Waals surface area contributed by atoms with Crippen molar-refractivity contribution in [2.75, 3.05) is 49.6 Å². The smallest absolute Gasteiger partial charge is 0.245 e. The summed E-state index contributed by atoms with van der Waals surface area (Å²) in [6, 6.07) is 11.0. The van der Waals surface area contributed by atoms with Crippen LogP contribution >= 0.6 is 11.6 Å². The quantitative estimate of drug-likeness (QED) is 0.602. The fraction of sp³-hybridized carbons (Fsp3) is 0.500. The van der Waals surface area contributed by atoms with Crippen molar-refractivity contribution in [2.45, 2.75) is 44.4 Å². The molecule has 1 saturated heterocycles. The molecule has 0 radical (unpaired) electrons. The molecule has 1 N–H and O–H groups in total. The molecule has 1 amide bonds. The van der Waals surface area contributed by atoms with Gasteiger partial charge in [-0.3, -0.25) is 9.59 Å². The number of carbonyl (C=O) groups excluding carboxylic acids is 2. The Labute approximate surface area is 212 Å². The normalized spacial score (nSPS) is 23.4. The number of ether oxygens (including phenoxy) is 1. The monoisotopic (exact) mass is 495 g/mol. The predicted molar refractivity (Wildman–Crippen MR) is 140 cm³/mol. The third kappa shape index (κ3) is 4.31. The first-order valence-electron chi connectivity index (χ1n) is 12.7. The summed E-state index contributed by atoms with van der Waals surface area (Å²) in [5, 5.41) is 3.93. The number of halogens is 1. The molecular weight excluding hydrogens is 462 g/mol. The summed E-state index contributed by atoms with van der Waals surface area (Å²) in [5.41, 5.74) is 1.49. The van der Waals surface area contributed by atoms with Crippen molar-refractivity contribution >= 4 is 34.7 Å². The van der Waals surface area contributed by atoms with Crippen LogP contribution in [0.2, 0.25) is 5.02 Å². The standard InChI is InChI=1S/C28H34ClN3O3/c1-28(20-8-10-22(35-2)11-9-20)26(33)25-23(31-14-12-30-13-15-31)16-21(29)17-24(25)32(27(28)34)18-19-6-4-3-5-7-19/h8-11,16-17,19,30H,3-7,12-15,18H2,1-2H3. The average Bonchev–Trinajstić information content (AvgIpc) is 2.90. The van der Waals surface area contributed by atoms with Crippen molar-refractivity contribution in [1.82, 2.24) is 5.32 Å². The Morgan fingerprint density at radius 1 is 1.03 bits per heavy atom. The van der Waals surface area contributed by atoms with Crippen molar-refractivity contribution in [3.63, 3.8) is 0 Å². The Kier molecular flexibility index (Phi) is 6.78. The molecule has 2 aromatic carbocycles. The first-order chi connectivity index (χ1) is 16.9. The molecule has 6 nitrogen and oxygen atoms in total. The van der Waals surface area contributed by atoms with Gasteiger partial charge >= 0.3 is 0 Å². The number of benzene rings is 2. The summed E-state index contributed by atoms with van der Waals surface area (Å²) < 4.78 is 5.33. The number of fused-ring (bicyclic) bond motifs is 1. The zero-order valence-electron chi connectivity index (χ0n) is 20.6. The van der Waals surface area contributed by atoms with E-state index in [1.54, 1.807) is 14.0 Å². The van der Waals surface area contributed by atoms with Crippen LogP contribution in [0.5, 0.6) is 5.75 Å². The van der Waals surface area contributed by atoms with Crippen LogP contribution in [0.4, 0.5) is 11.4 Å². The molecule has 1 unspecified atom stereocenters. The van der Waals surface area contributed by atoms with E-state index >= 15 is 0 Å². The zero-order chi connectivity index (χ0) is 24.6. The van der Waals surface area contributed by atoms with Gasteiger partial charge in [0.15, 0.2) is 5.78 Å². The predicted octanol–water partition coefficient (Wildman–Crippen LogP) is 4.83. The number of hydrogen-bond acceptors (Lipinski definition) is 5. The average molecular weight is 496 g/mol. The van der Waals surface area contributed by atoms with Gasteiger partial charge in [-0.15, -0.1) is 0 Å². The van der Waals surface area contributed by atoms with Crippen LogP contribution < -0.4 is 19.9 Å². The molecule has 3 aliphatic rings. The second-order valence-corrected chi connectivity index (χ2v) is 10.6. The zero-order valence-corrected chi connectivity index (χ0v) is 21.4. The Morgan fingerprint density at radius 3 is 2.34 bits per heavy atom. The van der Waals surface area contributed by atoms with Crippen LogP contribution in [0.1, 0.15) is 54.9 Å². The summed E-state index contributed by atoms with van der Waals surface area (Å²) in [7, 11) is 1.61. The lowest BCUT2D eigenvalue weighted by atomic mass is 9.71. The molecule has 2 aliphatic heterocycles. The van der Waals surface area contributed by atoms with Crippen LogP contribution in [0.3, 0.4) is 0 Å². The Bertz CT molecular complexity index is 1110. The van der Waals surface area contributed by atoms with Gasteiger partial charge in [0.2, 0.25) is 5.91 Å². The minimum Gasteiger partial charge on any atom is -0.497 e. The molecule has 0 spiro atoms. The van der Waals surface area contributed by atoms with Crippen LogP contribution in [0.15, 0.2) is 36.4 Å². The van der Waals surface area contributed by atoms with Crippen molar-refractivity contribution in [2.24, 2.45) is 5.92 Å². The minimum absolute atomic E-state index is 0.159. The summed E-state index contributed by atoms with van der Waals surface area (Å²) in [6.07, 6.45) is 5.85. The highest BCUT2D eigenvalue weighted by Crippen LogP contribution is 2.46. The highest BCUT2D eigenvalue weighted by atomic mass is 35.5. The lowest BCUT2D eigenvalue weighted by Crippen LogP contribution is -2.56. The van der Waals surface area contributed by atoms with Crippen molar-refractivity contribution < 1.29 is 14.3 Å². The number of hydrogen-bond donors (Lipinski definition) is 1. The van der Waals surface area contributed by atoms with Gasteiger partial charge in [0.1, 0.15) is 11.2 Å². The molecule has 0 bridgehead atoms. The van der Waals surface area contributed by atoms with Crippen LogP contribution in [-0.2, 0) is 10.2 Å². The van der Waals surface area contributed by atoms with Gasteiger partial charge in [-0.25, -0.2) is 0 Å². The van der Waals surface area contributed by atoms with E-state index in [2.05, 4.69) is 10.2 Å². The van der Waals surface area contributed by atoms with Crippen molar-refractivity contribution in [3.05, 3.63) is 52.5 Å². The second kappa shape index (κ2) is 9.82. The Balaban J connectivity index is 1.66. The van der Waals surface area contributed by atoms with Crippen LogP contribution in [0.25, 0.3) is 0 Å². The number of nitrogens with one attached hydrogen (secondary N) is 1. The van der Waals surface area contributed by atoms with Gasteiger partial charge in [-0.05, 0) is 55.5 Å². The lowest BCUT2D eigenvalue weighted by Gasteiger charge is -2.43. The molecule has 5 rings (SSSR count). The van der Waals surface area contributed by atoms with Gasteiger partial charge in [0.05, 0.1) is 24.0 Å². The molecule has 0 aromatic heterocycles. The molecule has 186 valence electrons. The number of nitrogens with zero attached hydrogens (tertiary/aromatic N) is 2. The molecule has 7 heteroatoms. The van der Waals surface area contributed by atoms with E-state index in [0.717, 1.165) is 44.7 Å². The second-order valence-electron chi connectivity index (χ2n) is 10.2. The molecular formula is C28H34ClN3O3. The van der Waals surface area contributed by atoms with Crippen molar-refractivity contribution in [1.29, 1.82) is 0 Å². The highest BCUT2D eigenvalue weighted by Gasteiger charge is 2.52. The number of ketones is 1. The maximum absolute atomic E-state index is 14.4. The van der Waals surface area contributed by atoms with E-state index in [-0.39, 0.29) is 11.7 Å². The minimum atomic E-state index is -1.31. The molecule has 2 heterocycles. The first-order valence-corrected chi connectivity index (χ1v) is 13.1. The van der Waals surface area contributed by atoms with Gasteiger partial charge in [0.25, 0.3) is 0 Å². The maximum atomic E-state index is 14.4. The third-order valence-corrected chi connectivity index (χ3v) is 8.22. The maximum Gasteiger partial charge on any atom is 0.245 e. The van der Waals surface area contributed by atoms with E-state index in [0.29, 0.717) is 40.0 Å². The highest BCUT2D eigenvalue weighted by molar-refractivity contribution is 6.34. The van der Waals surface area contributed by atoms with Crippen LogP contribution in [-0.4, -0.2) is 51.5 Å². The molecule has 1 aliphatic carbocycles. The number of methoxy groups -OCH3 is 1. The summed E-state index contributed by atoms with van der Waals surface area (Å²) in [5.74, 6) is 0.795. The van der Waals surface area contributed by atoms with E-state index in [1.807, 2.05) is 41.3 Å². The number of rotatable bonds is 5. The van der Waals surface area contributed by atoms with E-state index < -0.39 is 5.41 Å². The fourth-order valence-corrected chi connectivity index (χ4v) is 6.10. The van der Waals surface area contributed by atoms with Crippen molar-refractivity contribution in [3.8, 4) is 5.75 Å². The Hall–Kier alpha value is -2.57. The van der Waals surface area contributed by atoms with Gasteiger partial charge in [-0.2, -0.15) is 0 Å². The number of piperazine rings is 1. The summed E-state index contributed by atoms with van der Waals surface area (Å²) in [4.78, 5) is 32.7. The first kappa shape index (κ1) is 24.1. The van der Waals surface area contributed by atoms with E-state index in [1.165, 1.54) is 19.3 Å². The number of amides is 1. The fourth-order valence-electron chi connectivity index (χ4n) is 5.89. The number of anilines is 2. The Morgan fingerprint density at radius 2 is 1.69 bits per heavy atom. The molecule has 2 aromatic rings. The van der Waals surface area contributed by atoms with Crippen LogP contribution in [0, 0.1) is 5.92 Å². The third-order valence-electron chi connectivity index (χ3n) is 8.00. The number of carbonyl (C=O) groups is 2. The molecule has 2 fully saturated rings. The van der Waals surface area contributed by atoms with Gasteiger partial charge in [-0.1, -0.05) is 43.0 Å².